The van der Waals surface area contributed by atoms with Gasteiger partial charge >= 0.3 is 0 Å². The summed E-state index contributed by atoms with van der Waals surface area (Å²) in [6.07, 6.45) is 0. The summed E-state index contributed by atoms with van der Waals surface area (Å²) in [4.78, 5) is 13.1. The fraction of sp³-hybridized carbons (Fsp3) is 0.312. The number of ketones is 1. The predicted octanol–water partition coefficient (Wildman–Crippen LogP) is 4.29. The number of aromatic hydroxyl groups is 1. The smallest absolute Gasteiger partial charge is 0.202 e. The lowest BCUT2D eigenvalue weighted by atomic mass is 9.83. The molecule has 3 heteroatoms. The Morgan fingerprint density at radius 3 is 2.47 bits per heavy atom. The second-order valence-electron chi connectivity index (χ2n) is 5.75. The monoisotopic (exact) mass is 274 g/mol. The summed E-state index contributed by atoms with van der Waals surface area (Å²) in [5.41, 5.74) is 2.00. The molecule has 0 saturated heterocycles. The van der Waals surface area contributed by atoms with E-state index < -0.39 is 0 Å². The zero-order chi connectivity index (χ0) is 14.2. The Bertz CT molecular complexity index is 604. The van der Waals surface area contributed by atoms with Gasteiger partial charge in [0, 0.05) is 11.1 Å². The van der Waals surface area contributed by atoms with Gasteiger partial charge in [0.25, 0.3) is 0 Å². The summed E-state index contributed by atoms with van der Waals surface area (Å²) in [6, 6.07) is 7.26. The first-order valence-electron chi connectivity index (χ1n) is 6.23. The van der Waals surface area contributed by atoms with Crippen LogP contribution in [0.1, 0.15) is 47.1 Å². The molecule has 0 aliphatic rings. The van der Waals surface area contributed by atoms with Crippen LogP contribution < -0.4 is 0 Å². The Morgan fingerprint density at radius 2 is 1.95 bits per heavy atom. The van der Waals surface area contributed by atoms with Crippen molar-refractivity contribution < 1.29 is 9.90 Å². The zero-order valence-corrected chi connectivity index (χ0v) is 12.5. The van der Waals surface area contributed by atoms with Gasteiger partial charge < -0.3 is 5.11 Å². The second-order valence-corrected chi connectivity index (χ2v) is 6.69. The number of hydrogen-bond acceptors (Lipinski definition) is 3. The van der Waals surface area contributed by atoms with Gasteiger partial charge in [-0.25, -0.2) is 0 Å². The molecule has 0 fully saturated rings. The number of phenolic OH excluding ortho intramolecular Hbond substituents is 1. The molecule has 2 rings (SSSR count). The number of hydrogen-bond donors (Lipinski definition) is 1. The molecule has 19 heavy (non-hydrogen) atoms. The van der Waals surface area contributed by atoms with E-state index in [1.165, 1.54) is 11.3 Å². The van der Waals surface area contributed by atoms with Crippen LogP contribution in [0.25, 0.3) is 0 Å². The van der Waals surface area contributed by atoms with Gasteiger partial charge in [0.15, 0.2) is 0 Å². The first-order valence-corrected chi connectivity index (χ1v) is 7.11. The molecule has 0 atom stereocenters. The number of aryl methyl sites for hydroxylation is 1. The van der Waals surface area contributed by atoms with Crippen LogP contribution in [0.2, 0.25) is 0 Å². The number of rotatable bonds is 2. The fourth-order valence-corrected chi connectivity index (χ4v) is 2.72. The number of benzene rings is 1. The van der Waals surface area contributed by atoms with Crippen LogP contribution in [0.3, 0.4) is 0 Å². The largest absolute Gasteiger partial charge is 0.507 e. The van der Waals surface area contributed by atoms with E-state index in [1.807, 2.05) is 51.3 Å². The maximum Gasteiger partial charge on any atom is 0.202 e. The second kappa shape index (κ2) is 4.82. The van der Waals surface area contributed by atoms with Crippen LogP contribution in [0.15, 0.2) is 29.6 Å². The highest BCUT2D eigenvalue weighted by molar-refractivity contribution is 7.12. The minimum Gasteiger partial charge on any atom is -0.507 e. The third kappa shape index (κ3) is 2.71. The highest BCUT2D eigenvalue weighted by atomic mass is 32.1. The van der Waals surface area contributed by atoms with Crippen LogP contribution in [-0.4, -0.2) is 10.9 Å². The molecule has 0 saturated carbocycles. The summed E-state index contributed by atoms with van der Waals surface area (Å²) >= 11 is 1.44. The van der Waals surface area contributed by atoms with Crippen molar-refractivity contribution in [2.75, 3.05) is 0 Å². The van der Waals surface area contributed by atoms with Crippen molar-refractivity contribution in [3.63, 3.8) is 0 Å². The van der Waals surface area contributed by atoms with E-state index in [0.29, 0.717) is 5.56 Å². The van der Waals surface area contributed by atoms with Crippen LogP contribution in [-0.2, 0) is 5.41 Å². The van der Waals surface area contributed by atoms with E-state index in [2.05, 4.69) is 0 Å². The molecule has 0 aliphatic carbocycles. The van der Waals surface area contributed by atoms with Crippen LogP contribution in [0.5, 0.6) is 5.75 Å². The van der Waals surface area contributed by atoms with Gasteiger partial charge in [-0.2, -0.15) is 0 Å². The minimum atomic E-state index is -0.194. The van der Waals surface area contributed by atoms with E-state index in [-0.39, 0.29) is 16.9 Å². The van der Waals surface area contributed by atoms with Gasteiger partial charge in [-0.1, -0.05) is 26.8 Å². The molecule has 1 aromatic heterocycles. The summed E-state index contributed by atoms with van der Waals surface area (Å²) < 4.78 is 0. The molecule has 100 valence electrons. The molecule has 1 aromatic carbocycles. The minimum absolute atomic E-state index is 0.0172. The topological polar surface area (TPSA) is 37.3 Å². The Labute approximate surface area is 117 Å². The molecule has 1 N–H and O–H groups in total. The SMILES string of the molecule is Cc1cc(C(=O)c2cccs2)cc(C(C)(C)C)c1O. The number of thiophene rings is 1. The first kappa shape index (κ1) is 13.8. The van der Waals surface area contributed by atoms with Gasteiger partial charge in [-0.05, 0) is 41.5 Å². The van der Waals surface area contributed by atoms with E-state index in [0.717, 1.165) is 16.0 Å². The molecular formula is C16H18O2S. The molecular weight excluding hydrogens is 256 g/mol. The van der Waals surface area contributed by atoms with Crippen LogP contribution in [0, 0.1) is 6.92 Å². The van der Waals surface area contributed by atoms with Crippen LogP contribution in [0.4, 0.5) is 0 Å². The van der Waals surface area contributed by atoms with Crippen molar-refractivity contribution in [3.8, 4) is 5.75 Å². The van der Waals surface area contributed by atoms with Crippen molar-refractivity contribution >= 4 is 17.1 Å². The van der Waals surface area contributed by atoms with Crippen molar-refractivity contribution in [1.29, 1.82) is 0 Å². The summed E-state index contributed by atoms with van der Waals surface area (Å²) in [6.45, 7) is 7.92. The quantitative estimate of drug-likeness (QED) is 0.829. The van der Waals surface area contributed by atoms with E-state index >= 15 is 0 Å². The maximum absolute atomic E-state index is 12.4. The predicted molar refractivity (Wildman–Crippen MR) is 79.3 cm³/mol. The Hall–Kier alpha value is -1.61. The highest BCUT2D eigenvalue weighted by Crippen LogP contribution is 2.34. The van der Waals surface area contributed by atoms with Gasteiger partial charge in [-0.3, -0.25) is 4.79 Å². The van der Waals surface area contributed by atoms with Crippen molar-refractivity contribution in [2.24, 2.45) is 0 Å². The van der Waals surface area contributed by atoms with Gasteiger partial charge in [0.05, 0.1) is 4.88 Å². The van der Waals surface area contributed by atoms with Crippen molar-refractivity contribution in [3.05, 3.63) is 51.2 Å². The molecule has 2 aromatic rings. The van der Waals surface area contributed by atoms with Crippen molar-refractivity contribution in [1.82, 2.24) is 0 Å². The Kier molecular flexibility index (Phi) is 3.50. The lowest BCUT2D eigenvalue weighted by Crippen LogP contribution is -2.13. The molecule has 0 bridgehead atoms. The Morgan fingerprint density at radius 1 is 1.26 bits per heavy atom. The van der Waals surface area contributed by atoms with Gasteiger partial charge in [0.1, 0.15) is 5.75 Å². The first-order chi connectivity index (χ1) is 8.80. The van der Waals surface area contributed by atoms with Gasteiger partial charge in [-0.15, -0.1) is 11.3 Å². The summed E-state index contributed by atoms with van der Waals surface area (Å²) in [5, 5.41) is 12.1. The molecule has 0 radical (unpaired) electrons. The third-order valence-electron chi connectivity index (χ3n) is 3.12. The number of carbonyl (C=O) groups excluding carboxylic acids is 1. The molecule has 0 spiro atoms. The van der Waals surface area contributed by atoms with Gasteiger partial charge in [0.2, 0.25) is 5.78 Å². The molecule has 2 nitrogen and oxygen atoms in total. The standard InChI is InChI=1S/C16H18O2S/c1-10-8-11(15(18)13-6-5-7-19-13)9-12(14(10)17)16(2,3)4/h5-9,17H,1-4H3. The highest BCUT2D eigenvalue weighted by Gasteiger charge is 2.22. The maximum atomic E-state index is 12.4. The molecule has 1 heterocycles. The van der Waals surface area contributed by atoms with Crippen molar-refractivity contribution in [2.45, 2.75) is 33.1 Å². The van der Waals surface area contributed by atoms with E-state index in [9.17, 15) is 9.90 Å². The fourth-order valence-electron chi connectivity index (χ4n) is 2.03. The number of carbonyl (C=O) groups is 1. The average Bonchev–Trinajstić information content (AvgIpc) is 2.83. The zero-order valence-electron chi connectivity index (χ0n) is 11.7. The lowest BCUT2D eigenvalue weighted by Gasteiger charge is -2.22. The van der Waals surface area contributed by atoms with Crippen LogP contribution >= 0.6 is 11.3 Å². The third-order valence-corrected chi connectivity index (χ3v) is 3.98. The lowest BCUT2D eigenvalue weighted by molar-refractivity contribution is 0.104. The Balaban J connectivity index is 2.55. The normalized spacial score (nSPS) is 11.6. The average molecular weight is 274 g/mol. The molecule has 0 amide bonds. The molecule has 0 unspecified atom stereocenters. The summed E-state index contributed by atoms with van der Waals surface area (Å²) in [7, 11) is 0. The van der Waals surface area contributed by atoms with E-state index in [1.54, 1.807) is 6.07 Å². The molecule has 0 aliphatic heterocycles. The summed E-state index contributed by atoms with van der Waals surface area (Å²) in [5.74, 6) is 0.304. The van der Waals surface area contributed by atoms with E-state index in [4.69, 9.17) is 0 Å². The number of phenols is 1.